The number of nitrogens with two attached hydrogens (primary N) is 1. The van der Waals surface area contributed by atoms with Gasteiger partial charge in [-0.1, -0.05) is 12.1 Å². The van der Waals surface area contributed by atoms with E-state index in [1.54, 1.807) is 6.20 Å². The summed E-state index contributed by atoms with van der Waals surface area (Å²) in [7, 11) is 0. The SMILES string of the molecule is CCN1CCC(c2oncc2CN)CC1. The zero-order chi connectivity index (χ0) is 10.7. The van der Waals surface area contributed by atoms with Crippen molar-refractivity contribution in [2.24, 2.45) is 5.73 Å². The van der Waals surface area contributed by atoms with Gasteiger partial charge < -0.3 is 15.2 Å². The van der Waals surface area contributed by atoms with Crippen molar-refractivity contribution in [3.05, 3.63) is 17.5 Å². The molecule has 2 heterocycles. The highest BCUT2D eigenvalue weighted by molar-refractivity contribution is 5.18. The second-order valence-electron chi connectivity index (χ2n) is 4.13. The quantitative estimate of drug-likeness (QED) is 0.816. The van der Waals surface area contributed by atoms with Crippen molar-refractivity contribution in [1.82, 2.24) is 10.1 Å². The van der Waals surface area contributed by atoms with Gasteiger partial charge in [-0.25, -0.2) is 0 Å². The van der Waals surface area contributed by atoms with Crippen molar-refractivity contribution in [3.8, 4) is 0 Å². The molecule has 2 rings (SSSR count). The lowest BCUT2D eigenvalue weighted by molar-refractivity contribution is 0.204. The minimum absolute atomic E-state index is 0.522. The zero-order valence-electron chi connectivity index (χ0n) is 9.28. The topological polar surface area (TPSA) is 55.3 Å². The van der Waals surface area contributed by atoms with Gasteiger partial charge in [0.1, 0.15) is 5.76 Å². The molecule has 1 aromatic rings. The Labute approximate surface area is 90.4 Å². The highest BCUT2D eigenvalue weighted by Gasteiger charge is 2.24. The summed E-state index contributed by atoms with van der Waals surface area (Å²) in [6.45, 7) is 6.21. The molecule has 0 aromatic carbocycles. The van der Waals surface area contributed by atoms with E-state index in [0.29, 0.717) is 12.5 Å². The Morgan fingerprint density at radius 2 is 2.27 bits per heavy atom. The summed E-state index contributed by atoms with van der Waals surface area (Å²) < 4.78 is 5.32. The van der Waals surface area contributed by atoms with E-state index in [0.717, 1.165) is 43.8 Å². The number of hydrogen-bond acceptors (Lipinski definition) is 4. The highest BCUT2D eigenvalue weighted by Crippen LogP contribution is 2.29. The van der Waals surface area contributed by atoms with Gasteiger partial charge in [-0.3, -0.25) is 0 Å². The van der Waals surface area contributed by atoms with Gasteiger partial charge in [0.15, 0.2) is 0 Å². The molecule has 0 amide bonds. The molecule has 1 fully saturated rings. The predicted molar refractivity (Wildman–Crippen MR) is 58.5 cm³/mol. The smallest absolute Gasteiger partial charge is 0.144 e. The average molecular weight is 209 g/mol. The van der Waals surface area contributed by atoms with Crippen LogP contribution in [0.2, 0.25) is 0 Å². The Balaban J connectivity index is 2.01. The maximum Gasteiger partial charge on any atom is 0.144 e. The van der Waals surface area contributed by atoms with Crippen molar-refractivity contribution in [1.29, 1.82) is 0 Å². The molecule has 1 aliphatic rings. The van der Waals surface area contributed by atoms with Gasteiger partial charge in [0.25, 0.3) is 0 Å². The van der Waals surface area contributed by atoms with Gasteiger partial charge in [0, 0.05) is 18.0 Å². The van der Waals surface area contributed by atoms with E-state index in [4.69, 9.17) is 10.3 Å². The van der Waals surface area contributed by atoms with Crippen molar-refractivity contribution in [3.63, 3.8) is 0 Å². The fourth-order valence-electron chi connectivity index (χ4n) is 2.27. The summed E-state index contributed by atoms with van der Waals surface area (Å²) in [5.41, 5.74) is 6.72. The lowest BCUT2D eigenvalue weighted by Gasteiger charge is -2.29. The molecule has 4 nitrogen and oxygen atoms in total. The number of piperidine rings is 1. The number of nitrogens with zero attached hydrogens (tertiary/aromatic N) is 2. The lowest BCUT2D eigenvalue weighted by Crippen LogP contribution is -2.32. The summed E-state index contributed by atoms with van der Waals surface area (Å²) in [6, 6.07) is 0. The van der Waals surface area contributed by atoms with Crippen LogP contribution in [0.15, 0.2) is 10.7 Å². The molecule has 0 saturated carbocycles. The molecular weight excluding hydrogens is 190 g/mol. The second kappa shape index (κ2) is 4.77. The molecule has 0 spiro atoms. The Morgan fingerprint density at radius 1 is 1.53 bits per heavy atom. The second-order valence-corrected chi connectivity index (χ2v) is 4.13. The third kappa shape index (κ3) is 2.21. The van der Waals surface area contributed by atoms with Crippen molar-refractivity contribution in [2.45, 2.75) is 32.2 Å². The van der Waals surface area contributed by atoms with Crippen LogP contribution >= 0.6 is 0 Å². The molecule has 4 heteroatoms. The standard InChI is InChI=1S/C11H19N3O/c1-2-14-5-3-9(4-6-14)11-10(7-12)8-13-15-11/h8-9H,2-7,12H2,1H3. The van der Waals surface area contributed by atoms with Crippen LogP contribution < -0.4 is 5.73 Å². The average Bonchev–Trinajstić information content (AvgIpc) is 2.77. The molecular formula is C11H19N3O. The van der Waals surface area contributed by atoms with E-state index in [-0.39, 0.29) is 0 Å². The first-order valence-corrected chi connectivity index (χ1v) is 5.71. The molecule has 0 atom stereocenters. The van der Waals surface area contributed by atoms with E-state index in [1.807, 2.05) is 0 Å². The lowest BCUT2D eigenvalue weighted by atomic mass is 9.92. The summed E-state index contributed by atoms with van der Waals surface area (Å²) >= 11 is 0. The van der Waals surface area contributed by atoms with E-state index < -0.39 is 0 Å². The fourth-order valence-corrected chi connectivity index (χ4v) is 2.27. The molecule has 15 heavy (non-hydrogen) atoms. The first-order chi connectivity index (χ1) is 7.35. The van der Waals surface area contributed by atoms with Crippen LogP contribution in [-0.4, -0.2) is 29.7 Å². The summed E-state index contributed by atoms with van der Waals surface area (Å²) in [6.07, 6.45) is 4.08. The third-order valence-electron chi connectivity index (χ3n) is 3.30. The van der Waals surface area contributed by atoms with Crippen LogP contribution in [0.25, 0.3) is 0 Å². The van der Waals surface area contributed by atoms with Gasteiger partial charge in [-0.05, 0) is 32.5 Å². The van der Waals surface area contributed by atoms with Crippen molar-refractivity contribution >= 4 is 0 Å². The monoisotopic (exact) mass is 209 g/mol. The third-order valence-corrected chi connectivity index (χ3v) is 3.30. The van der Waals surface area contributed by atoms with Gasteiger partial charge in [0.2, 0.25) is 0 Å². The van der Waals surface area contributed by atoms with E-state index in [1.165, 1.54) is 0 Å². The molecule has 1 aromatic heterocycles. The van der Waals surface area contributed by atoms with Gasteiger partial charge in [-0.15, -0.1) is 0 Å². The molecule has 0 radical (unpaired) electrons. The molecule has 1 aliphatic heterocycles. The van der Waals surface area contributed by atoms with Crippen molar-refractivity contribution < 1.29 is 4.52 Å². The Hall–Kier alpha value is -0.870. The Kier molecular flexibility index (Phi) is 3.38. The van der Waals surface area contributed by atoms with Gasteiger partial charge in [0.05, 0.1) is 6.20 Å². The zero-order valence-corrected chi connectivity index (χ0v) is 9.28. The van der Waals surface area contributed by atoms with Crippen LogP contribution in [-0.2, 0) is 6.54 Å². The minimum Gasteiger partial charge on any atom is -0.361 e. The molecule has 0 unspecified atom stereocenters. The number of rotatable bonds is 3. The number of likely N-dealkylation sites (tertiary alicyclic amines) is 1. The summed E-state index contributed by atoms with van der Waals surface area (Å²) in [4.78, 5) is 2.47. The van der Waals surface area contributed by atoms with Crippen LogP contribution in [0.3, 0.4) is 0 Å². The molecule has 84 valence electrons. The number of aromatic nitrogens is 1. The Bertz CT molecular complexity index is 303. The maximum atomic E-state index is 5.64. The van der Waals surface area contributed by atoms with Crippen LogP contribution in [0.4, 0.5) is 0 Å². The first kappa shape index (κ1) is 10.6. The van der Waals surface area contributed by atoms with Crippen LogP contribution in [0.1, 0.15) is 37.0 Å². The Morgan fingerprint density at radius 3 is 2.87 bits per heavy atom. The highest BCUT2D eigenvalue weighted by atomic mass is 16.5. The van der Waals surface area contributed by atoms with Crippen LogP contribution in [0, 0.1) is 0 Å². The van der Waals surface area contributed by atoms with Gasteiger partial charge >= 0.3 is 0 Å². The van der Waals surface area contributed by atoms with Crippen LogP contribution in [0.5, 0.6) is 0 Å². The first-order valence-electron chi connectivity index (χ1n) is 5.71. The van der Waals surface area contributed by atoms with Gasteiger partial charge in [-0.2, -0.15) is 0 Å². The summed E-state index contributed by atoms with van der Waals surface area (Å²) in [5.74, 6) is 1.54. The van der Waals surface area contributed by atoms with Crippen molar-refractivity contribution in [2.75, 3.05) is 19.6 Å². The summed E-state index contributed by atoms with van der Waals surface area (Å²) in [5, 5.41) is 3.84. The largest absolute Gasteiger partial charge is 0.361 e. The van der Waals surface area contributed by atoms with E-state index in [9.17, 15) is 0 Å². The normalized spacial score (nSPS) is 19.6. The maximum absolute atomic E-state index is 5.64. The van der Waals surface area contributed by atoms with E-state index in [2.05, 4.69) is 17.0 Å². The molecule has 0 aliphatic carbocycles. The predicted octanol–water partition coefficient (Wildman–Crippen LogP) is 1.33. The fraction of sp³-hybridized carbons (Fsp3) is 0.727. The number of hydrogen-bond donors (Lipinski definition) is 1. The molecule has 2 N–H and O–H groups in total. The van der Waals surface area contributed by atoms with E-state index >= 15 is 0 Å². The molecule has 1 saturated heterocycles. The molecule has 0 bridgehead atoms. The minimum atomic E-state index is 0.522.